The molecule has 2 unspecified atom stereocenters. The monoisotopic (exact) mass is 255 g/mol. The number of ether oxygens (including phenoxy) is 1. The molecule has 0 aromatic heterocycles. The largest absolute Gasteiger partial charge is 0.489 e. The van der Waals surface area contributed by atoms with Gasteiger partial charge in [-0.25, -0.2) is 0 Å². The van der Waals surface area contributed by atoms with Crippen molar-refractivity contribution in [2.45, 2.75) is 32.4 Å². The van der Waals surface area contributed by atoms with E-state index in [1.807, 2.05) is 37.3 Å². The molecule has 0 radical (unpaired) electrons. The van der Waals surface area contributed by atoms with Crippen molar-refractivity contribution in [3.05, 3.63) is 65.7 Å². The molecular weight excluding hydrogens is 234 g/mol. The van der Waals surface area contributed by atoms with E-state index in [1.165, 1.54) is 11.1 Å². The molecule has 0 fully saturated rings. The molecule has 2 aromatic carbocycles. The quantitative estimate of drug-likeness (QED) is 0.883. The molecule has 0 spiro atoms. The van der Waals surface area contributed by atoms with Crippen LogP contribution in [0.1, 0.15) is 30.9 Å². The second kappa shape index (κ2) is 6.39. The highest BCUT2D eigenvalue weighted by atomic mass is 16.5. The Balaban J connectivity index is 1.96. The van der Waals surface area contributed by atoms with E-state index in [0.717, 1.165) is 5.75 Å². The minimum atomic E-state index is 0.163. The standard InChI is InChI=1S/C17H21NO/c1-13(14(2)18)16-8-10-17(11-9-16)19-12-15-6-4-3-5-7-15/h3-11,13-14H,12,18H2,1-2H3. The van der Waals surface area contributed by atoms with Gasteiger partial charge in [0, 0.05) is 6.04 Å². The summed E-state index contributed by atoms with van der Waals surface area (Å²) < 4.78 is 5.76. The zero-order valence-corrected chi connectivity index (χ0v) is 11.5. The molecule has 0 saturated heterocycles. The van der Waals surface area contributed by atoms with Crippen LogP contribution in [0.4, 0.5) is 0 Å². The van der Waals surface area contributed by atoms with Crippen molar-refractivity contribution < 1.29 is 4.74 Å². The van der Waals surface area contributed by atoms with Crippen molar-refractivity contribution in [1.29, 1.82) is 0 Å². The summed E-state index contributed by atoms with van der Waals surface area (Å²) >= 11 is 0. The van der Waals surface area contributed by atoms with Crippen molar-refractivity contribution >= 4 is 0 Å². The van der Waals surface area contributed by atoms with E-state index < -0.39 is 0 Å². The van der Waals surface area contributed by atoms with E-state index in [1.54, 1.807) is 0 Å². The molecule has 100 valence electrons. The molecule has 0 saturated carbocycles. The second-order valence-electron chi connectivity index (χ2n) is 4.99. The summed E-state index contributed by atoms with van der Waals surface area (Å²) in [5.74, 6) is 1.26. The molecular formula is C17H21NO. The topological polar surface area (TPSA) is 35.2 Å². The predicted octanol–water partition coefficient (Wildman–Crippen LogP) is 3.72. The maximum Gasteiger partial charge on any atom is 0.119 e. The van der Waals surface area contributed by atoms with E-state index in [2.05, 4.69) is 31.2 Å². The predicted molar refractivity (Wildman–Crippen MR) is 79.3 cm³/mol. The van der Waals surface area contributed by atoms with Crippen LogP contribution in [0.15, 0.2) is 54.6 Å². The van der Waals surface area contributed by atoms with E-state index in [0.29, 0.717) is 12.5 Å². The summed E-state index contributed by atoms with van der Waals surface area (Å²) in [6.07, 6.45) is 0. The van der Waals surface area contributed by atoms with Gasteiger partial charge >= 0.3 is 0 Å². The molecule has 19 heavy (non-hydrogen) atoms. The fraction of sp³-hybridized carbons (Fsp3) is 0.294. The fourth-order valence-corrected chi connectivity index (χ4v) is 1.91. The SMILES string of the molecule is CC(N)C(C)c1ccc(OCc2ccccc2)cc1. The number of hydrogen-bond acceptors (Lipinski definition) is 2. The summed E-state index contributed by atoms with van der Waals surface area (Å²) in [5.41, 5.74) is 8.34. The first-order valence-electron chi connectivity index (χ1n) is 6.69. The lowest BCUT2D eigenvalue weighted by molar-refractivity contribution is 0.306. The summed E-state index contributed by atoms with van der Waals surface area (Å²) in [4.78, 5) is 0. The number of rotatable bonds is 5. The molecule has 0 aliphatic carbocycles. The van der Waals surface area contributed by atoms with Crippen LogP contribution >= 0.6 is 0 Å². The fourth-order valence-electron chi connectivity index (χ4n) is 1.91. The molecule has 2 aromatic rings. The third-order valence-corrected chi connectivity index (χ3v) is 3.44. The molecule has 0 heterocycles. The maximum absolute atomic E-state index is 5.91. The van der Waals surface area contributed by atoms with Gasteiger partial charge in [-0.2, -0.15) is 0 Å². The van der Waals surface area contributed by atoms with Gasteiger partial charge < -0.3 is 10.5 Å². The van der Waals surface area contributed by atoms with Gasteiger partial charge in [0.05, 0.1) is 0 Å². The van der Waals surface area contributed by atoms with Gasteiger partial charge in [0.15, 0.2) is 0 Å². The number of hydrogen-bond donors (Lipinski definition) is 1. The third-order valence-electron chi connectivity index (χ3n) is 3.44. The van der Waals surface area contributed by atoms with Crippen LogP contribution < -0.4 is 10.5 Å². The van der Waals surface area contributed by atoms with Crippen molar-refractivity contribution in [2.75, 3.05) is 0 Å². The average Bonchev–Trinajstić information content (AvgIpc) is 2.46. The third kappa shape index (κ3) is 3.83. The first kappa shape index (κ1) is 13.6. The minimum absolute atomic E-state index is 0.163. The molecule has 2 heteroatoms. The Kier molecular flexibility index (Phi) is 4.58. The first-order chi connectivity index (χ1) is 9.16. The molecule has 0 amide bonds. The average molecular weight is 255 g/mol. The maximum atomic E-state index is 5.91. The summed E-state index contributed by atoms with van der Waals surface area (Å²) in [7, 11) is 0. The minimum Gasteiger partial charge on any atom is -0.489 e. The van der Waals surface area contributed by atoms with E-state index in [-0.39, 0.29) is 6.04 Å². The van der Waals surface area contributed by atoms with Crippen LogP contribution in [0.3, 0.4) is 0 Å². The molecule has 0 aliphatic rings. The van der Waals surface area contributed by atoms with Crippen molar-refractivity contribution in [3.8, 4) is 5.75 Å². The molecule has 2 nitrogen and oxygen atoms in total. The summed E-state index contributed by atoms with van der Waals surface area (Å²) in [6, 6.07) is 18.5. The Hall–Kier alpha value is -1.80. The number of nitrogens with two attached hydrogens (primary N) is 1. The highest BCUT2D eigenvalue weighted by Gasteiger charge is 2.09. The van der Waals surface area contributed by atoms with Crippen molar-refractivity contribution in [3.63, 3.8) is 0 Å². The van der Waals surface area contributed by atoms with Gasteiger partial charge in [0.25, 0.3) is 0 Å². The number of benzene rings is 2. The molecule has 2 rings (SSSR count). The molecule has 2 atom stereocenters. The second-order valence-corrected chi connectivity index (χ2v) is 4.99. The van der Waals surface area contributed by atoms with Crippen LogP contribution in [-0.4, -0.2) is 6.04 Å². The van der Waals surface area contributed by atoms with Gasteiger partial charge in [0.1, 0.15) is 12.4 Å². The van der Waals surface area contributed by atoms with Gasteiger partial charge in [-0.1, -0.05) is 49.4 Å². The Bertz CT molecular complexity index is 490. The van der Waals surface area contributed by atoms with E-state index in [9.17, 15) is 0 Å². The Morgan fingerprint density at radius 1 is 0.947 bits per heavy atom. The summed E-state index contributed by atoms with van der Waals surface area (Å²) in [5, 5.41) is 0. The lowest BCUT2D eigenvalue weighted by atomic mass is 9.95. The first-order valence-corrected chi connectivity index (χ1v) is 6.69. The van der Waals surface area contributed by atoms with Gasteiger partial charge in [0.2, 0.25) is 0 Å². The van der Waals surface area contributed by atoms with E-state index >= 15 is 0 Å². The normalized spacial score (nSPS) is 13.8. The van der Waals surface area contributed by atoms with Crippen molar-refractivity contribution in [1.82, 2.24) is 0 Å². The Morgan fingerprint density at radius 2 is 1.58 bits per heavy atom. The van der Waals surface area contributed by atoms with Gasteiger partial charge in [-0.05, 0) is 36.1 Å². The lowest BCUT2D eigenvalue weighted by Gasteiger charge is -2.16. The highest BCUT2D eigenvalue weighted by Crippen LogP contribution is 2.21. The molecule has 0 aliphatic heterocycles. The lowest BCUT2D eigenvalue weighted by Crippen LogP contribution is -2.22. The van der Waals surface area contributed by atoms with Gasteiger partial charge in [-0.15, -0.1) is 0 Å². The Morgan fingerprint density at radius 3 is 2.16 bits per heavy atom. The van der Waals surface area contributed by atoms with E-state index in [4.69, 9.17) is 10.5 Å². The van der Waals surface area contributed by atoms with Crippen LogP contribution in [0.2, 0.25) is 0 Å². The highest BCUT2D eigenvalue weighted by molar-refractivity contribution is 5.30. The zero-order chi connectivity index (χ0) is 13.7. The smallest absolute Gasteiger partial charge is 0.119 e. The van der Waals surface area contributed by atoms with Crippen LogP contribution in [-0.2, 0) is 6.61 Å². The van der Waals surface area contributed by atoms with Crippen LogP contribution in [0.5, 0.6) is 5.75 Å². The van der Waals surface area contributed by atoms with Crippen LogP contribution in [0, 0.1) is 0 Å². The Labute approximate surface area is 115 Å². The molecule has 0 bridgehead atoms. The zero-order valence-electron chi connectivity index (χ0n) is 11.5. The van der Waals surface area contributed by atoms with Crippen molar-refractivity contribution in [2.24, 2.45) is 5.73 Å². The van der Waals surface area contributed by atoms with Gasteiger partial charge in [-0.3, -0.25) is 0 Å². The molecule has 2 N–H and O–H groups in total. The summed E-state index contributed by atoms with van der Waals surface area (Å²) in [6.45, 7) is 4.78. The van der Waals surface area contributed by atoms with Crippen LogP contribution in [0.25, 0.3) is 0 Å².